The van der Waals surface area contributed by atoms with Crippen molar-refractivity contribution in [3.8, 4) is 0 Å². The van der Waals surface area contributed by atoms with Gasteiger partial charge in [-0.05, 0) is 0 Å². The second-order valence-electron chi connectivity index (χ2n) is 4.31. The van der Waals surface area contributed by atoms with Crippen LogP contribution in [0.4, 0.5) is 9.18 Å². The molecule has 12 heteroatoms. The standard InChI is InChI=1S/C11H9FN4O7/c12-5-4-15(11(22)14-9(5)20)10(21)13-3-8(19)23-16-6(17)1-2-7(16)18/h4H,1-3H2,(H,13,21)(H,14,20,22). The summed E-state index contributed by atoms with van der Waals surface area (Å²) in [6, 6.07) is -1.22. The molecule has 1 aliphatic rings. The molecule has 3 amide bonds. The van der Waals surface area contributed by atoms with Crippen molar-refractivity contribution in [2.45, 2.75) is 12.8 Å². The second kappa shape index (κ2) is 6.21. The zero-order valence-electron chi connectivity index (χ0n) is 11.3. The lowest BCUT2D eigenvalue weighted by atomic mass is 10.4. The highest BCUT2D eigenvalue weighted by Crippen LogP contribution is 2.11. The van der Waals surface area contributed by atoms with Crippen LogP contribution in [0.25, 0.3) is 0 Å². The maximum absolute atomic E-state index is 13.0. The molecule has 2 heterocycles. The van der Waals surface area contributed by atoms with Crippen LogP contribution in [-0.2, 0) is 19.2 Å². The van der Waals surface area contributed by atoms with E-state index in [0.717, 1.165) is 0 Å². The minimum atomic E-state index is -1.38. The van der Waals surface area contributed by atoms with E-state index in [1.54, 1.807) is 4.98 Å². The number of nitrogens with zero attached hydrogens (tertiary/aromatic N) is 2. The zero-order chi connectivity index (χ0) is 17.1. The van der Waals surface area contributed by atoms with Gasteiger partial charge < -0.3 is 10.2 Å². The summed E-state index contributed by atoms with van der Waals surface area (Å²) >= 11 is 0. The molecule has 23 heavy (non-hydrogen) atoms. The molecule has 122 valence electrons. The summed E-state index contributed by atoms with van der Waals surface area (Å²) in [5.74, 6) is -3.93. The Morgan fingerprint density at radius 3 is 2.43 bits per heavy atom. The maximum Gasteiger partial charge on any atom is 0.352 e. The van der Waals surface area contributed by atoms with Gasteiger partial charge in [0, 0.05) is 12.8 Å². The van der Waals surface area contributed by atoms with Gasteiger partial charge in [-0.2, -0.15) is 4.39 Å². The molecule has 1 aromatic heterocycles. The number of carbonyl (C=O) groups excluding carboxylic acids is 4. The normalized spacial score (nSPS) is 14.0. The minimum Gasteiger partial charge on any atom is -0.328 e. The molecule has 0 radical (unpaired) electrons. The number of hydrogen-bond donors (Lipinski definition) is 2. The number of amides is 3. The average molecular weight is 328 g/mol. The van der Waals surface area contributed by atoms with Gasteiger partial charge in [0.05, 0.1) is 6.20 Å². The van der Waals surface area contributed by atoms with E-state index in [1.807, 2.05) is 5.32 Å². The Balaban J connectivity index is 1.97. The Bertz CT molecular complexity index is 795. The highest BCUT2D eigenvalue weighted by molar-refractivity contribution is 6.01. The number of H-pyrrole nitrogens is 1. The number of rotatable bonds is 3. The molecule has 11 nitrogen and oxygen atoms in total. The summed E-state index contributed by atoms with van der Waals surface area (Å²) in [6.45, 7) is -0.803. The Labute approximate surface area is 125 Å². The van der Waals surface area contributed by atoms with E-state index in [9.17, 15) is 33.2 Å². The van der Waals surface area contributed by atoms with Crippen molar-refractivity contribution >= 4 is 23.8 Å². The highest BCUT2D eigenvalue weighted by atomic mass is 19.1. The van der Waals surface area contributed by atoms with Crippen molar-refractivity contribution in [2.75, 3.05) is 6.54 Å². The van der Waals surface area contributed by atoms with Crippen molar-refractivity contribution in [1.29, 1.82) is 0 Å². The van der Waals surface area contributed by atoms with Crippen LogP contribution in [0.3, 0.4) is 0 Å². The zero-order valence-corrected chi connectivity index (χ0v) is 11.3. The van der Waals surface area contributed by atoms with E-state index in [1.165, 1.54) is 0 Å². The fraction of sp³-hybridized carbons (Fsp3) is 0.273. The predicted octanol–water partition coefficient (Wildman–Crippen LogP) is -2.16. The van der Waals surface area contributed by atoms with E-state index in [2.05, 4.69) is 4.84 Å². The summed E-state index contributed by atoms with van der Waals surface area (Å²) in [5.41, 5.74) is -2.52. The van der Waals surface area contributed by atoms with Crippen molar-refractivity contribution in [2.24, 2.45) is 0 Å². The van der Waals surface area contributed by atoms with Gasteiger partial charge in [0.15, 0.2) is 0 Å². The number of hydroxylamine groups is 2. The molecule has 0 spiro atoms. The lowest BCUT2D eigenvalue weighted by Gasteiger charge is -2.12. The molecule has 0 saturated carbocycles. The van der Waals surface area contributed by atoms with Gasteiger partial charge in [0.2, 0.25) is 5.82 Å². The summed E-state index contributed by atoms with van der Waals surface area (Å²) in [4.78, 5) is 73.6. The molecule has 0 bridgehead atoms. The van der Waals surface area contributed by atoms with Crippen LogP contribution in [0, 0.1) is 5.82 Å². The highest BCUT2D eigenvalue weighted by Gasteiger charge is 2.32. The number of halogens is 1. The van der Waals surface area contributed by atoms with Crippen LogP contribution >= 0.6 is 0 Å². The first-order chi connectivity index (χ1) is 10.8. The molecule has 2 N–H and O–H groups in total. The summed E-state index contributed by atoms with van der Waals surface area (Å²) in [7, 11) is 0. The van der Waals surface area contributed by atoms with Crippen LogP contribution in [0.1, 0.15) is 12.8 Å². The summed E-state index contributed by atoms with van der Waals surface area (Å²) in [5, 5.41) is 2.18. The first-order valence-corrected chi connectivity index (χ1v) is 6.16. The molecule has 1 fully saturated rings. The number of aromatic amines is 1. The van der Waals surface area contributed by atoms with Gasteiger partial charge in [-0.25, -0.2) is 19.0 Å². The Morgan fingerprint density at radius 1 is 1.22 bits per heavy atom. The quantitative estimate of drug-likeness (QED) is 0.600. The van der Waals surface area contributed by atoms with Crippen LogP contribution in [-0.4, -0.2) is 45.0 Å². The van der Waals surface area contributed by atoms with Gasteiger partial charge in [0.1, 0.15) is 6.54 Å². The van der Waals surface area contributed by atoms with Crippen molar-refractivity contribution in [3.63, 3.8) is 0 Å². The molecule has 1 aliphatic heterocycles. The molecule has 0 aliphatic carbocycles. The molecule has 1 saturated heterocycles. The summed E-state index contributed by atoms with van der Waals surface area (Å²) in [6.07, 6.45) is 0.157. The van der Waals surface area contributed by atoms with Gasteiger partial charge in [-0.1, -0.05) is 0 Å². The topological polar surface area (TPSA) is 148 Å². The van der Waals surface area contributed by atoms with Gasteiger partial charge in [0.25, 0.3) is 17.4 Å². The van der Waals surface area contributed by atoms with Crippen LogP contribution in [0.15, 0.2) is 15.8 Å². The van der Waals surface area contributed by atoms with Crippen LogP contribution in [0.5, 0.6) is 0 Å². The number of carbonyl (C=O) groups is 4. The monoisotopic (exact) mass is 328 g/mol. The van der Waals surface area contributed by atoms with Gasteiger partial charge in [-0.15, -0.1) is 5.06 Å². The number of nitrogens with one attached hydrogen (secondary N) is 2. The average Bonchev–Trinajstić information content (AvgIpc) is 2.80. The Hall–Kier alpha value is -3.31. The first-order valence-electron chi connectivity index (χ1n) is 6.16. The van der Waals surface area contributed by atoms with E-state index in [-0.39, 0.29) is 22.5 Å². The lowest BCUT2D eigenvalue weighted by Crippen LogP contribution is -2.43. The Morgan fingerprint density at radius 2 is 1.83 bits per heavy atom. The summed E-state index contributed by atoms with van der Waals surface area (Å²) < 4.78 is 13.2. The Kier molecular flexibility index (Phi) is 4.34. The molecular formula is C11H9FN4O7. The van der Waals surface area contributed by atoms with Crippen LogP contribution in [0.2, 0.25) is 0 Å². The van der Waals surface area contributed by atoms with E-state index >= 15 is 0 Å². The number of aromatic nitrogens is 2. The van der Waals surface area contributed by atoms with Crippen molar-refractivity contribution in [1.82, 2.24) is 19.9 Å². The third kappa shape index (κ3) is 3.48. The van der Waals surface area contributed by atoms with E-state index in [0.29, 0.717) is 6.20 Å². The molecule has 0 aromatic carbocycles. The molecule has 0 atom stereocenters. The third-order valence-electron chi connectivity index (χ3n) is 2.70. The van der Waals surface area contributed by atoms with Gasteiger partial charge >= 0.3 is 17.7 Å². The largest absolute Gasteiger partial charge is 0.352 e. The lowest BCUT2D eigenvalue weighted by molar-refractivity contribution is -0.196. The third-order valence-corrected chi connectivity index (χ3v) is 2.70. The van der Waals surface area contributed by atoms with E-state index < -0.39 is 47.4 Å². The predicted molar refractivity (Wildman–Crippen MR) is 67.3 cm³/mol. The first kappa shape index (κ1) is 16.1. The fourth-order valence-corrected chi connectivity index (χ4v) is 1.62. The van der Waals surface area contributed by atoms with Crippen molar-refractivity contribution < 1.29 is 28.4 Å². The van der Waals surface area contributed by atoms with Crippen molar-refractivity contribution in [3.05, 3.63) is 32.9 Å². The fourth-order valence-electron chi connectivity index (χ4n) is 1.62. The SMILES string of the molecule is O=C(CNC(=O)n1cc(F)c(=O)[nH]c1=O)ON1C(=O)CCC1=O. The molecule has 2 rings (SSSR count). The number of imide groups is 1. The minimum absolute atomic E-state index is 0.0927. The number of hydrogen-bond acceptors (Lipinski definition) is 7. The molecule has 1 aromatic rings. The van der Waals surface area contributed by atoms with E-state index in [4.69, 9.17) is 0 Å². The smallest absolute Gasteiger partial charge is 0.328 e. The molecular weight excluding hydrogens is 319 g/mol. The second-order valence-corrected chi connectivity index (χ2v) is 4.31. The maximum atomic E-state index is 13.0. The van der Waals surface area contributed by atoms with Gasteiger partial charge in [-0.3, -0.25) is 19.4 Å². The molecule has 0 unspecified atom stereocenters. The van der Waals surface area contributed by atoms with Crippen LogP contribution < -0.4 is 16.6 Å².